The van der Waals surface area contributed by atoms with Crippen molar-refractivity contribution in [2.24, 2.45) is 0 Å². The summed E-state index contributed by atoms with van der Waals surface area (Å²) in [5.74, 6) is -0.964. The molecule has 1 aliphatic heterocycles. The van der Waals surface area contributed by atoms with Crippen LogP contribution in [0.4, 0.5) is 11.4 Å². The van der Waals surface area contributed by atoms with Gasteiger partial charge in [0.25, 0.3) is 0 Å². The molecule has 1 aromatic rings. The lowest BCUT2D eigenvalue weighted by Crippen LogP contribution is -2.30. The van der Waals surface area contributed by atoms with E-state index in [-0.39, 0.29) is 5.56 Å². The maximum absolute atomic E-state index is 10.7. The van der Waals surface area contributed by atoms with E-state index in [1.54, 1.807) is 12.1 Å². The van der Waals surface area contributed by atoms with Crippen molar-refractivity contribution in [1.29, 1.82) is 5.26 Å². The molecule has 5 heteroatoms. The van der Waals surface area contributed by atoms with Gasteiger partial charge in [0.15, 0.2) is 6.19 Å². The van der Waals surface area contributed by atoms with E-state index >= 15 is 0 Å². The van der Waals surface area contributed by atoms with Gasteiger partial charge in [0, 0.05) is 6.54 Å². The minimum absolute atomic E-state index is 0.223. The van der Waals surface area contributed by atoms with E-state index in [4.69, 9.17) is 10.4 Å². The first-order chi connectivity index (χ1) is 7.22. The molecule has 15 heavy (non-hydrogen) atoms. The Morgan fingerprint density at radius 3 is 3.07 bits per heavy atom. The maximum Gasteiger partial charge on any atom is 0.335 e. The molecule has 1 heterocycles. The first kappa shape index (κ1) is 9.34. The summed E-state index contributed by atoms with van der Waals surface area (Å²) in [5.41, 5.74) is 1.65. The summed E-state index contributed by atoms with van der Waals surface area (Å²) < 4.78 is 0. The number of carboxylic acids is 1. The van der Waals surface area contributed by atoms with Crippen molar-refractivity contribution in [2.75, 3.05) is 23.3 Å². The van der Waals surface area contributed by atoms with Crippen LogP contribution in [0.15, 0.2) is 18.2 Å². The molecule has 0 amide bonds. The van der Waals surface area contributed by atoms with Gasteiger partial charge in [-0.05, 0) is 18.2 Å². The Balaban J connectivity index is 2.46. The average molecular weight is 203 g/mol. The van der Waals surface area contributed by atoms with Gasteiger partial charge in [0.05, 0.1) is 23.5 Å². The number of benzene rings is 1. The highest BCUT2D eigenvalue weighted by molar-refractivity contribution is 5.91. The highest BCUT2D eigenvalue weighted by atomic mass is 16.4. The number of nitrogens with zero attached hydrogens (tertiary/aromatic N) is 2. The van der Waals surface area contributed by atoms with E-state index in [0.717, 1.165) is 5.69 Å². The lowest BCUT2D eigenvalue weighted by atomic mass is 10.1. The molecule has 76 valence electrons. The Hall–Kier alpha value is -2.22. The second kappa shape index (κ2) is 3.50. The van der Waals surface area contributed by atoms with Gasteiger partial charge >= 0.3 is 5.97 Å². The first-order valence-corrected chi connectivity index (χ1v) is 4.51. The van der Waals surface area contributed by atoms with Crippen molar-refractivity contribution in [1.82, 2.24) is 0 Å². The van der Waals surface area contributed by atoms with Crippen LogP contribution in [0.5, 0.6) is 0 Å². The molecule has 0 bridgehead atoms. The third-order valence-corrected chi connectivity index (χ3v) is 2.31. The SMILES string of the molecule is N#CN1CCNc2cc(C(=O)O)ccc21. The zero-order chi connectivity index (χ0) is 10.8. The summed E-state index contributed by atoms with van der Waals surface area (Å²) in [4.78, 5) is 12.3. The average Bonchev–Trinajstić information content (AvgIpc) is 2.27. The fourth-order valence-electron chi connectivity index (χ4n) is 1.57. The Kier molecular flexibility index (Phi) is 2.18. The van der Waals surface area contributed by atoms with Crippen LogP contribution in [0.1, 0.15) is 10.4 Å². The highest BCUT2D eigenvalue weighted by Crippen LogP contribution is 2.29. The van der Waals surface area contributed by atoms with E-state index in [9.17, 15) is 4.79 Å². The minimum Gasteiger partial charge on any atom is -0.478 e. The number of carboxylic acid groups (broad SMARTS) is 1. The standard InChI is InChI=1S/C10H9N3O2/c11-6-13-4-3-12-8-5-7(10(14)15)1-2-9(8)13/h1-2,5,12H,3-4H2,(H,14,15). The van der Waals surface area contributed by atoms with Gasteiger partial charge in [-0.25, -0.2) is 4.79 Å². The largest absolute Gasteiger partial charge is 0.478 e. The molecule has 0 aromatic heterocycles. The molecule has 0 radical (unpaired) electrons. The number of anilines is 2. The molecule has 0 unspecified atom stereocenters. The Morgan fingerprint density at radius 1 is 1.60 bits per heavy atom. The zero-order valence-electron chi connectivity index (χ0n) is 7.90. The van der Waals surface area contributed by atoms with Crippen molar-refractivity contribution in [3.05, 3.63) is 23.8 Å². The van der Waals surface area contributed by atoms with Crippen LogP contribution >= 0.6 is 0 Å². The van der Waals surface area contributed by atoms with Crippen LogP contribution in [0.25, 0.3) is 0 Å². The molecule has 0 aliphatic carbocycles. The van der Waals surface area contributed by atoms with Gasteiger partial charge in [-0.15, -0.1) is 0 Å². The topological polar surface area (TPSA) is 76.4 Å². The second-order valence-corrected chi connectivity index (χ2v) is 3.22. The van der Waals surface area contributed by atoms with Crippen molar-refractivity contribution in [3.8, 4) is 6.19 Å². The number of nitriles is 1. The Labute approximate surface area is 86.5 Å². The number of fused-ring (bicyclic) bond motifs is 1. The molecule has 2 rings (SSSR count). The van der Waals surface area contributed by atoms with E-state index in [2.05, 4.69) is 11.5 Å². The van der Waals surface area contributed by atoms with Crippen LogP contribution in [-0.4, -0.2) is 24.2 Å². The Bertz CT molecular complexity index is 450. The maximum atomic E-state index is 10.7. The lowest BCUT2D eigenvalue weighted by molar-refractivity contribution is 0.0697. The molecule has 2 N–H and O–H groups in total. The fourth-order valence-corrected chi connectivity index (χ4v) is 1.57. The minimum atomic E-state index is -0.964. The summed E-state index contributed by atoms with van der Waals surface area (Å²) in [6.07, 6.45) is 2.05. The number of rotatable bonds is 1. The van der Waals surface area contributed by atoms with E-state index < -0.39 is 5.97 Å². The second-order valence-electron chi connectivity index (χ2n) is 3.22. The van der Waals surface area contributed by atoms with Gasteiger partial charge in [-0.1, -0.05) is 0 Å². The molecule has 1 aromatic carbocycles. The van der Waals surface area contributed by atoms with E-state index in [0.29, 0.717) is 18.8 Å². The Morgan fingerprint density at radius 2 is 2.40 bits per heavy atom. The van der Waals surface area contributed by atoms with Crippen molar-refractivity contribution >= 4 is 17.3 Å². The summed E-state index contributed by atoms with van der Waals surface area (Å²) in [7, 11) is 0. The third kappa shape index (κ3) is 1.57. The number of hydrogen-bond acceptors (Lipinski definition) is 4. The van der Waals surface area contributed by atoms with Gasteiger partial charge in [-0.3, -0.25) is 4.90 Å². The van der Waals surface area contributed by atoms with Gasteiger partial charge in [-0.2, -0.15) is 5.26 Å². The van der Waals surface area contributed by atoms with Gasteiger partial charge in [0.2, 0.25) is 0 Å². The predicted octanol–water partition coefficient (Wildman–Crippen LogP) is 1.10. The van der Waals surface area contributed by atoms with E-state index in [1.807, 2.05) is 0 Å². The van der Waals surface area contributed by atoms with Crippen molar-refractivity contribution in [3.63, 3.8) is 0 Å². The summed E-state index contributed by atoms with van der Waals surface area (Å²) in [6, 6.07) is 4.69. The van der Waals surface area contributed by atoms with Gasteiger partial charge < -0.3 is 10.4 Å². The highest BCUT2D eigenvalue weighted by Gasteiger charge is 2.17. The summed E-state index contributed by atoms with van der Waals surface area (Å²) in [5, 5.41) is 20.7. The fraction of sp³-hybridized carbons (Fsp3) is 0.200. The molecule has 1 aliphatic rings. The number of hydrogen-bond donors (Lipinski definition) is 2. The van der Waals surface area contributed by atoms with Crippen molar-refractivity contribution in [2.45, 2.75) is 0 Å². The normalized spacial score (nSPS) is 13.7. The quantitative estimate of drug-likeness (QED) is 0.668. The molecule has 0 atom stereocenters. The van der Waals surface area contributed by atoms with Crippen molar-refractivity contribution < 1.29 is 9.90 Å². The third-order valence-electron chi connectivity index (χ3n) is 2.31. The smallest absolute Gasteiger partial charge is 0.335 e. The molecule has 0 spiro atoms. The molecular weight excluding hydrogens is 194 g/mol. The summed E-state index contributed by atoms with van der Waals surface area (Å²) >= 11 is 0. The van der Waals surface area contributed by atoms with E-state index in [1.165, 1.54) is 11.0 Å². The monoisotopic (exact) mass is 203 g/mol. The molecular formula is C10H9N3O2. The lowest BCUT2D eigenvalue weighted by Gasteiger charge is -2.25. The number of aromatic carboxylic acids is 1. The number of carbonyl (C=O) groups is 1. The molecule has 5 nitrogen and oxygen atoms in total. The van der Waals surface area contributed by atoms with Crippen LogP contribution in [0.2, 0.25) is 0 Å². The van der Waals surface area contributed by atoms with Crippen LogP contribution < -0.4 is 10.2 Å². The zero-order valence-corrected chi connectivity index (χ0v) is 7.90. The van der Waals surface area contributed by atoms with Crippen LogP contribution in [0.3, 0.4) is 0 Å². The van der Waals surface area contributed by atoms with Gasteiger partial charge in [0.1, 0.15) is 0 Å². The summed E-state index contributed by atoms with van der Waals surface area (Å²) in [6.45, 7) is 1.25. The molecule has 0 saturated carbocycles. The first-order valence-electron chi connectivity index (χ1n) is 4.51. The van der Waals surface area contributed by atoms with Crippen LogP contribution in [0, 0.1) is 11.5 Å². The van der Waals surface area contributed by atoms with Crippen LogP contribution in [-0.2, 0) is 0 Å². The number of nitrogens with one attached hydrogen (secondary N) is 1. The molecule has 0 fully saturated rings. The molecule has 0 saturated heterocycles. The predicted molar refractivity (Wildman–Crippen MR) is 54.9 cm³/mol.